The van der Waals surface area contributed by atoms with Crippen molar-refractivity contribution in [2.45, 2.75) is 13.3 Å². The van der Waals surface area contributed by atoms with Crippen molar-refractivity contribution >= 4 is 17.4 Å². The normalized spacial score (nSPS) is 16.1. The SMILES string of the molecule is COc1ccc(N)c(N2CCCN(C(C)=O)CC2)n1. The second kappa shape index (κ2) is 5.77. The van der Waals surface area contributed by atoms with E-state index in [2.05, 4.69) is 9.88 Å². The van der Waals surface area contributed by atoms with Gasteiger partial charge in [-0.3, -0.25) is 4.79 Å². The number of rotatable bonds is 2. The number of pyridine rings is 1. The van der Waals surface area contributed by atoms with Gasteiger partial charge >= 0.3 is 0 Å². The van der Waals surface area contributed by atoms with Crippen molar-refractivity contribution in [2.75, 3.05) is 43.9 Å². The van der Waals surface area contributed by atoms with E-state index in [0.29, 0.717) is 18.1 Å². The van der Waals surface area contributed by atoms with Gasteiger partial charge in [0.2, 0.25) is 11.8 Å². The van der Waals surface area contributed by atoms with Crippen LogP contribution in [0.2, 0.25) is 0 Å². The van der Waals surface area contributed by atoms with Crippen molar-refractivity contribution in [1.82, 2.24) is 9.88 Å². The molecule has 6 nitrogen and oxygen atoms in total. The molecule has 0 radical (unpaired) electrons. The van der Waals surface area contributed by atoms with E-state index in [0.717, 1.165) is 31.9 Å². The zero-order valence-corrected chi connectivity index (χ0v) is 11.4. The molecule has 19 heavy (non-hydrogen) atoms. The summed E-state index contributed by atoms with van der Waals surface area (Å²) in [5.41, 5.74) is 6.62. The number of hydrogen-bond donors (Lipinski definition) is 1. The van der Waals surface area contributed by atoms with E-state index in [1.807, 2.05) is 4.90 Å². The van der Waals surface area contributed by atoms with Gasteiger partial charge in [0.05, 0.1) is 12.8 Å². The molecule has 0 aliphatic carbocycles. The van der Waals surface area contributed by atoms with E-state index in [1.165, 1.54) is 0 Å². The highest BCUT2D eigenvalue weighted by Crippen LogP contribution is 2.24. The number of hydrogen-bond acceptors (Lipinski definition) is 5. The van der Waals surface area contributed by atoms with Crippen LogP contribution in [0, 0.1) is 0 Å². The van der Waals surface area contributed by atoms with Crippen molar-refractivity contribution in [3.63, 3.8) is 0 Å². The number of anilines is 2. The topological polar surface area (TPSA) is 71.7 Å². The maximum absolute atomic E-state index is 11.4. The molecular formula is C13H20N4O2. The molecule has 0 bridgehead atoms. The molecule has 1 aromatic heterocycles. The van der Waals surface area contributed by atoms with Gasteiger partial charge in [0, 0.05) is 39.2 Å². The van der Waals surface area contributed by atoms with Crippen LogP contribution in [-0.4, -0.2) is 49.1 Å². The minimum Gasteiger partial charge on any atom is -0.481 e. The fourth-order valence-corrected chi connectivity index (χ4v) is 2.25. The molecule has 2 heterocycles. The van der Waals surface area contributed by atoms with Crippen LogP contribution < -0.4 is 15.4 Å². The zero-order chi connectivity index (χ0) is 13.8. The summed E-state index contributed by atoms with van der Waals surface area (Å²) in [6, 6.07) is 3.55. The lowest BCUT2D eigenvalue weighted by Crippen LogP contribution is -2.34. The van der Waals surface area contributed by atoms with Gasteiger partial charge in [-0.15, -0.1) is 0 Å². The van der Waals surface area contributed by atoms with Crippen LogP contribution in [0.5, 0.6) is 5.88 Å². The van der Waals surface area contributed by atoms with Crippen molar-refractivity contribution in [3.05, 3.63) is 12.1 Å². The predicted octanol–water partition coefficient (Wildman–Crippen LogP) is 0.731. The summed E-state index contributed by atoms with van der Waals surface area (Å²) in [4.78, 5) is 19.8. The second-order valence-electron chi connectivity index (χ2n) is 4.61. The molecule has 2 rings (SSSR count). The van der Waals surface area contributed by atoms with Gasteiger partial charge in [-0.25, -0.2) is 0 Å². The molecule has 0 saturated carbocycles. The number of nitrogens with zero attached hydrogens (tertiary/aromatic N) is 3. The first kappa shape index (κ1) is 13.5. The van der Waals surface area contributed by atoms with Gasteiger partial charge in [-0.2, -0.15) is 4.98 Å². The van der Waals surface area contributed by atoms with Crippen molar-refractivity contribution < 1.29 is 9.53 Å². The number of nitrogens with two attached hydrogens (primary N) is 1. The number of carbonyl (C=O) groups excluding carboxylic acids is 1. The average Bonchev–Trinajstić information content (AvgIpc) is 2.65. The maximum Gasteiger partial charge on any atom is 0.219 e. The molecular weight excluding hydrogens is 244 g/mol. The lowest BCUT2D eigenvalue weighted by atomic mass is 10.3. The Kier molecular flexibility index (Phi) is 4.09. The molecule has 6 heteroatoms. The number of methoxy groups -OCH3 is 1. The van der Waals surface area contributed by atoms with Gasteiger partial charge in [0.15, 0.2) is 5.82 Å². The predicted molar refractivity (Wildman–Crippen MR) is 74.3 cm³/mol. The molecule has 0 atom stereocenters. The Morgan fingerprint density at radius 2 is 2.11 bits per heavy atom. The van der Waals surface area contributed by atoms with Gasteiger partial charge in [0.1, 0.15) is 0 Å². The second-order valence-corrected chi connectivity index (χ2v) is 4.61. The third-order valence-electron chi connectivity index (χ3n) is 3.33. The molecule has 2 N–H and O–H groups in total. The lowest BCUT2D eigenvalue weighted by molar-refractivity contribution is -0.128. The number of amides is 1. The molecule has 104 valence electrons. The molecule has 1 amide bonds. The fraction of sp³-hybridized carbons (Fsp3) is 0.538. The van der Waals surface area contributed by atoms with E-state index >= 15 is 0 Å². The number of ether oxygens (including phenoxy) is 1. The first-order valence-corrected chi connectivity index (χ1v) is 6.43. The van der Waals surface area contributed by atoms with Gasteiger partial charge in [-0.05, 0) is 12.5 Å². The van der Waals surface area contributed by atoms with Crippen LogP contribution in [0.4, 0.5) is 11.5 Å². The molecule has 0 spiro atoms. The smallest absolute Gasteiger partial charge is 0.219 e. The highest BCUT2D eigenvalue weighted by molar-refractivity contribution is 5.73. The molecule has 0 aromatic carbocycles. The molecule has 0 unspecified atom stereocenters. The van der Waals surface area contributed by atoms with Gasteiger partial charge < -0.3 is 20.3 Å². The van der Waals surface area contributed by atoms with Crippen LogP contribution in [-0.2, 0) is 4.79 Å². The third-order valence-corrected chi connectivity index (χ3v) is 3.33. The quantitative estimate of drug-likeness (QED) is 0.852. The number of nitrogen functional groups attached to an aromatic ring is 1. The fourth-order valence-electron chi connectivity index (χ4n) is 2.25. The van der Waals surface area contributed by atoms with Crippen molar-refractivity contribution in [1.29, 1.82) is 0 Å². The molecule has 1 saturated heterocycles. The monoisotopic (exact) mass is 264 g/mol. The molecule has 1 aromatic rings. The summed E-state index contributed by atoms with van der Waals surface area (Å²) in [6.07, 6.45) is 0.915. The van der Waals surface area contributed by atoms with Crippen LogP contribution in [0.25, 0.3) is 0 Å². The summed E-state index contributed by atoms with van der Waals surface area (Å²) >= 11 is 0. The Morgan fingerprint density at radius 1 is 1.32 bits per heavy atom. The summed E-state index contributed by atoms with van der Waals surface area (Å²) < 4.78 is 5.13. The Morgan fingerprint density at radius 3 is 2.79 bits per heavy atom. The highest BCUT2D eigenvalue weighted by Gasteiger charge is 2.19. The Labute approximate surface area is 113 Å². The Balaban J connectivity index is 2.15. The van der Waals surface area contributed by atoms with E-state index in [-0.39, 0.29) is 5.91 Å². The minimum absolute atomic E-state index is 0.119. The van der Waals surface area contributed by atoms with Crippen LogP contribution >= 0.6 is 0 Å². The Hall–Kier alpha value is -1.98. The summed E-state index contributed by atoms with van der Waals surface area (Å²) in [7, 11) is 1.59. The van der Waals surface area contributed by atoms with Crippen molar-refractivity contribution in [2.24, 2.45) is 0 Å². The number of aromatic nitrogens is 1. The lowest BCUT2D eigenvalue weighted by Gasteiger charge is -2.23. The Bertz CT molecular complexity index is 464. The molecule has 1 aliphatic heterocycles. The highest BCUT2D eigenvalue weighted by atomic mass is 16.5. The van der Waals surface area contributed by atoms with Gasteiger partial charge in [-0.1, -0.05) is 0 Å². The van der Waals surface area contributed by atoms with E-state index < -0.39 is 0 Å². The van der Waals surface area contributed by atoms with Crippen LogP contribution in [0.3, 0.4) is 0 Å². The van der Waals surface area contributed by atoms with Gasteiger partial charge in [0.25, 0.3) is 0 Å². The van der Waals surface area contributed by atoms with E-state index in [4.69, 9.17) is 10.5 Å². The summed E-state index contributed by atoms with van der Waals surface area (Å²) in [5, 5.41) is 0. The van der Waals surface area contributed by atoms with E-state index in [9.17, 15) is 4.79 Å². The molecule has 1 fully saturated rings. The first-order valence-electron chi connectivity index (χ1n) is 6.43. The largest absolute Gasteiger partial charge is 0.481 e. The summed E-state index contributed by atoms with van der Waals surface area (Å²) in [6.45, 7) is 4.68. The van der Waals surface area contributed by atoms with Crippen LogP contribution in [0.1, 0.15) is 13.3 Å². The maximum atomic E-state index is 11.4. The third kappa shape index (κ3) is 3.07. The minimum atomic E-state index is 0.119. The van der Waals surface area contributed by atoms with Crippen LogP contribution in [0.15, 0.2) is 12.1 Å². The van der Waals surface area contributed by atoms with E-state index in [1.54, 1.807) is 26.2 Å². The summed E-state index contributed by atoms with van der Waals surface area (Å²) in [5.74, 6) is 1.41. The first-order chi connectivity index (χ1) is 9.11. The average molecular weight is 264 g/mol. The van der Waals surface area contributed by atoms with Crippen molar-refractivity contribution in [3.8, 4) is 5.88 Å². The number of carbonyl (C=O) groups is 1. The molecule has 1 aliphatic rings. The zero-order valence-electron chi connectivity index (χ0n) is 11.4. The standard InChI is InChI=1S/C13H20N4O2/c1-10(18)16-6-3-7-17(9-8-16)13-11(14)4-5-12(15-13)19-2/h4-5H,3,6-9,14H2,1-2H3.